The summed E-state index contributed by atoms with van der Waals surface area (Å²) in [6.07, 6.45) is 2.57. The number of carbonyl (C=O) groups excluding carboxylic acids is 1. The van der Waals surface area contributed by atoms with Gasteiger partial charge in [0, 0.05) is 24.6 Å². The molecule has 2 atom stereocenters. The van der Waals surface area contributed by atoms with Gasteiger partial charge >= 0.3 is 5.97 Å². The highest BCUT2D eigenvalue weighted by molar-refractivity contribution is 5.94. The Morgan fingerprint density at radius 1 is 1.32 bits per heavy atom. The highest BCUT2D eigenvalue weighted by Gasteiger charge is 2.31. The Hall–Kier alpha value is -2.37. The highest BCUT2D eigenvalue weighted by Crippen LogP contribution is 2.30. The molecule has 2 unspecified atom stereocenters. The van der Waals surface area contributed by atoms with Crippen LogP contribution in [0.15, 0.2) is 22.6 Å². The van der Waals surface area contributed by atoms with Gasteiger partial charge in [-0.2, -0.15) is 0 Å². The minimum atomic E-state index is -0.809. The number of aromatic nitrogens is 1. The standard InChI is InChI=1S/C16H18N2O4/c1-9-17-13-6-5-12(8-14(13)22-9)18-15(19)10-3-2-4-11(7-10)16(20)21/h5-6,8,10-11H,2-4,7H2,1H3,(H,18,19)(H,20,21). The molecule has 1 amide bonds. The van der Waals surface area contributed by atoms with Crippen molar-refractivity contribution in [2.75, 3.05) is 5.32 Å². The van der Waals surface area contributed by atoms with Gasteiger partial charge in [0.25, 0.3) is 0 Å². The molecule has 6 heteroatoms. The summed E-state index contributed by atoms with van der Waals surface area (Å²) in [7, 11) is 0. The molecule has 6 nitrogen and oxygen atoms in total. The average molecular weight is 302 g/mol. The number of fused-ring (bicyclic) bond motifs is 1. The van der Waals surface area contributed by atoms with E-state index in [0.717, 1.165) is 18.4 Å². The molecule has 1 heterocycles. The SMILES string of the molecule is Cc1nc2ccc(NC(=O)C3CCCC(C(=O)O)C3)cc2o1. The maximum absolute atomic E-state index is 12.3. The smallest absolute Gasteiger partial charge is 0.306 e. The summed E-state index contributed by atoms with van der Waals surface area (Å²) in [6.45, 7) is 1.77. The zero-order valence-corrected chi connectivity index (χ0v) is 12.3. The molecular weight excluding hydrogens is 284 g/mol. The number of aliphatic carboxylic acids is 1. The number of carbonyl (C=O) groups is 2. The highest BCUT2D eigenvalue weighted by atomic mass is 16.4. The second kappa shape index (κ2) is 5.79. The zero-order chi connectivity index (χ0) is 15.7. The van der Waals surface area contributed by atoms with E-state index >= 15 is 0 Å². The predicted molar refractivity (Wildman–Crippen MR) is 80.5 cm³/mol. The number of benzene rings is 1. The molecule has 1 aromatic heterocycles. The van der Waals surface area contributed by atoms with Crippen molar-refractivity contribution in [2.45, 2.75) is 32.6 Å². The van der Waals surface area contributed by atoms with Crippen LogP contribution in [0.5, 0.6) is 0 Å². The van der Waals surface area contributed by atoms with Gasteiger partial charge in [0.15, 0.2) is 11.5 Å². The number of hydrogen-bond donors (Lipinski definition) is 2. The Kier molecular flexibility index (Phi) is 3.83. The monoisotopic (exact) mass is 302 g/mol. The molecule has 0 saturated heterocycles. The first-order valence-electron chi connectivity index (χ1n) is 7.44. The Morgan fingerprint density at radius 3 is 2.86 bits per heavy atom. The van der Waals surface area contributed by atoms with E-state index in [2.05, 4.69) is 10.3 Å². The normalized spacial score (nSPS) is 21.7. The Morgan fingerprint density at radius 2 is 2.09 bits per heavy atom. The molecule has 0 aliphatic heterocycles. The fourth-order valence-electron chi connectivity index (χ4n) is 3.01. The molecule has 1 fully saturated rings. The number of carboxylic acids is 1. The van der Waals surface area contributed by atoms with Crippen LogP contribution in [0.1, 0.15) is 31.6 Å². The molecule has 116 valence electrons. The second-order valence-electron chi connectivity index (χ2n) is 5.80. The summed E-state index contributed by atoms with van der Waals surface area (Å²) in [6, 6.07) is 5.31. The van der Waals surface area contributed by atoms with E-state index in [0.29, 0.717) is 30.0 Å². The summed E-state index contributed by atoms with van der Waals surface area (Å²) in [5.41, 5.74) is 2.02. The first kappa shape index (κ1) is 14.6. The van der Waals surface area contributed by atoms with E-state index in [4.69, 9.17) is 9.52 Å². The molecule has 1 aromatic carbocycles. The van der Waals surface area contributed by atoms with Gasteiger partial charge in [-0.15, -0.1) is 0 Å². The van der Waals surface area contributed by atoms with E-state index in [1.165, 1.54) is 0 Å². The van der Waals surface area contributed by atoms with E-state index in [-0.39, 0.29) is 11.8 Å². The Labute approximate surface area is 127 Å². The van der Waals surface area contributed by atoms with Crippen molar-refractivity contribution < 1.29 is 19.1 Å². The first-order chi connectivity index (χ1) is 10.5. The maximum atomic E-state index is 12.3. The van der Waals surface area contributed by atoms with Crippen molar-refractivity contribution in [1.29, 1.82) is 0 Å². The van der Waals surface area contributed by atoms with Crippen LogP contribution in [-0.2, 0) is 9.59 Å². The van der Waals surface area contributed by atoms with Crippen LogP contribution in [0.4, 0.5) is 5.69 Å². The molecule has 1 aliphatic carbocycles. The molecule has 2 aromatic rings. The predicted octanol–water partition coefficient (Wildman–Crippen LogP) is 2.97. The molecule has 22 heavy (non-hydrogen) atoms. The molecule has 1 saturated carbocycles. The number of anilines is 1. The van der Waals surface area contributed by atoms with Crippen LogP contribution in [0, 0.1) is 18.8 Å². The van der Waals surface area contributed by atoms with Crippen LogP contribution >= 0.6 is 0 Å². The average Bonchev–Trinajstić information content (AvgIpc) is 2.86. The quantitative estimate of drug-likeness (QED) is 0.909. The van der Waals surface area contributed by atoms with Gasteiger partial charge in [0.1, 0.15) is 5.52 Å². The lowest BCUT2D eigenvalue weighted by atomic mass is 9.81. The van der Waals surface area contributed by atoms with Crippen LogP contribution in [-0.4, -0.2) is 22.0 Å². The van der Waals surface area contributed by atoms with Crippen molar-refractivity contribution >= 4 is 28.7 Å². The third-order valence-corrected chi connectivity index (χ3v) is 4.16. The number of nitrogens with one attached hydrogen (secondary N) is 1. The van der Waals surface area contributed by atoms with Gasteiger partial charge in [-0.1, -0.05) is 6.42 Å². The fourth-order valence-corrected chi connectivity index (χ4v) is 3.01. The molecule has 0 radical (unpaired) electrons. The van der Waals surface area contributed by atoms with Crippen LogP contribution in [0.2, 0.25) is 0 Å². The summed E-state index contributed by atoms with van der Waals surface area (Å²) < 4.78 is 5.44. The minimum Gasteiger partial charge on any atom is -0.481 e. The van der Waals surface area contributed by atoms with E-state index in [1.807, 2.05) is 0 Å². The summed E-state index contributed by atoms with van der Waals surface area (Å²) >= 11 is 0. The number of oxazole rings is 1. The Balaban J connectivity index is 1.70. The number of hydrogen-bond acceptors (Lipinski definition) is 4. The van der Waals surface area contributed by atoms with Crippen molar-refractivity contribution in [3.8, 4) is 0 Å². The maximum Gasteiger partial charge on any atom is 0.306 e. The van der Waals surface area contributed by atoms with Crippen LogP contribution in [0.3, 0.4) is 0 Å². The number of carboxylic acid groups (broad SMARTS) is 1. The largest absolute Gasteiger partial charge is 0.481 e. The first-order valence-corrected chi connectivity index (χ1v) is 7.44. The van der Waals surface area contributed by atoms with Crippen molar-refractivity contribution in [3.05, 3.63) is 24.1 Å². The van der Waals surface area contributed by atoms with E-state index in [9.17, 15) is 9.59 Å². The second-order valence-corrected chi connectivity index (χ2v) is 5.80. The summed E-state index contributed by atoms with van der Waals surface area (Å²) in [5, 5.41) is 12.0. The number of aryl methyl sites for hydroxylation is 1. The third-order valence-electron chi connectivity index (χ3n) is 4.16. The van der Waals surface area contributed by atoms with Crippen molar-refractivity contribution in [2.24, 2.45) is 11.8 Å². The number of rotatable bonds is 3. The van der Waals surface area contributed by atoms with Crippen LogP contribution < -0.4 is 5.32 Å². The summed E-state index contributed by atoms with van der Waals surface area (Å²) in [5.74, 6) is -1.02. The minimum absolute atomic E-state index is 0.124. The van der Waals surface area contributed by atoms with Gasteiger partial charge in [0.2, 0.25) is 5.91 Å². The van der Waals surface area contributed by atoms with Gasteiger partial charge in [-0.05, 0) is 31.4 Å². The lowest BCUT2D eigenvalue weighted by molar-refractivity contribution is -0.143. The molecule has 0 spiro atoms. The molecule has 2 N–H and O–H groups in total. The molecule has 1 aliphatic rings. The van der Waals surface area contributed by atoms with Crippen LogP contribution in [0.25, 0.3) is 11.1 Å². The van der Waals surface area contributed by atoms with Gasteiger partial charge < -0.3 is 14.8 Å². The Bertz CT molecular complexity index is 722. The third kappa shape index (κ3) is 2.95. The number of amides is 1. The van der Waals surface area contributed by atoms with Gasteiger partial charge in [-0.3, -0.25) is 9.59 Å². The van der Waals surface area contributed by atoms with Crippen molar-refractivity contribution in [1.82, 2.24) is 4.98 Å². The lowest BCUT2D eigenvalue weighted by Crippen LogP contribution is -2.30. The summed E-state index contributed by atoms with van der Waals surface area (Å²) in [4.78, 5) is 27.6. The molecular formula is C16H18N2O4. The van der Waals surface area contributed by atoms with Gasteiger partial charge in [-0.25, -0.2) is 4.98 Å². The topological polar surface area (TPSA) is 92.4 Å². The van der Waals surface area contributed by atoms with E-state index in [1.54, 1.807) is 25.1 Å². The van der Waals surface area contributed by atoms with Crippen molar-refractivity contribution in [3.63, 3.8) is 0 Å². The fraction of sp³-hybridized carbons (Fsp3) is 0.438. The molecule has 0 bridgehead atoms. The van der Waals surface area contributed by atoms with E-state index < -0.39 is 11.9 Å². The lowest BCUT2D eigenvalue weighted by Gasteiger charge is -2.25. The zero-order valence-electron chi connectivity index (χ0n) is 12.3. The molecule has 3 rings (SSSR count). The number of nitrogens with zero attached hydrogens (tertiary/aromatic N) is 1. The van der Waals surface area contributed by atoms with Gasteiger partial charge in [0.05, 0.1) is 5.92 Å².